The number of likely N-dealkylation sites (tertiary alicyclic amines) is 1. The molecule has 1 aliphatic heterocycles. The summed E-state index contributed by atoms with van der Waals surface area (Å²) in [5, 5.41) is 12.4. The summed E-state index contributed by atoms with van der Waals surface area (Å²) >= 11 is 0. The maximum Gasteiger partial charge on any atom is 0.0671 e. The van der Waals surface area contributed by atoms with E-state index in [0.29, 0.717) is 5.92 Å². The van der Waals surface area contributed by atoms with Crippen molar-refractivity contribution in [1.82, 2.24) is 10.2 Å². The lowest BCUT2D eigenvalue weighted by atomic mass is 9.93. The zero-order valence-electron chi connectivity index (χ0n) is 11.6. The Morgan fingerprint density at radius 1 is 1.35 bits per heavy atom. The minimum Gasteiger partial charge on any atom is -0.315 e. The molecule has 1 aliphatic rings. The molecule has 1 fully saturated rings. The molecule has 1 rings (SSSR count). The highest BCUT2D eigenvalue weighted by atomic mass is 15.1. The van der Waals surface area contributed by atoms with Crippen molar-refractivity contribution in [2.45, 2.75) is 33.1 Å². The second-order valence-corrected chi connectivity index (χ2v) is 5.72. The molecule has 0 aromatic rings. The van der Waals surface area contributed by atoms with Crippen LogP contribution in [0.1, 0.15) is 33.1 Å². The van der Waals surface area contributed by atoms with Gasteiger partial charge in [-0.2, -0.15) is 5.26 Å². The first-order chi connectivity index (χ1) is 8.13. The highest BCUT2D eigenvalue weighted by Gasteiger charge is 2.16. The molecule has 0 spiro atoms. The Morgan fingerprint density at radius 3 is 2.53 bits per heavy atom. The summed E-state index contributed by atoms with van der Waals surface area (Å²) in [6.07, 6.45) is 3.94. The molecule has 1 atom stereocenters. The van der Waals surface area contributed by atoms with E-state index in [9.17, 15) is 0 Å². The number of nitrogens with zero attached hydrogens (tertiary/aromatic N) is 2. The fraction of sp³-hybridized carbons (Fsp3) is 0.929. The van der Waals surface area contributed by atoms with Crippen LogP contribution in [0.2, 0.25) is 0 Å². The van der Waals surface area contributed by atoms with E-state index < -0.39 is 0 Å². The van der Waals surface area contributed by atoms with E-state index in [4.69, 9.17) is 5.26 Å². The monoisotopic (exact) mass is 237 g/mol. The Morgan fingerprint density at radius 2 is 2.00 bits per heavy atom. The minimum absolute atomic E-state index is 0.160. The van der Waals surface area contributed by atoms with Crippen LogP contribution in [-0.2, 0) is 0 Å². The van der Waals surface area contributed by atoms with Crippen molar-refractivity contribution >= 4 is 0 Å². The lowest BCUT2D eigenvalue weighted by Gasteiger charge is -2.29. The lowest BCUT2D eigenvalue weighted by molar-refractivity contribution is 0.211. The Labute approximate surface area is 106 Å². The zero-order valence-corrected chi connectivity index (χ0v) is 11.6. The Kier molecular flexibility index (Phi) is 6.54. The topological polar surface area (TPSA) is 39.1 Å². The minimum atomic E-state index is 0.160. The summed E-state index contributed by atoms with van der Waals surface area (Å²) in [7, 11) is 2.20. The van der Waals surface area contributed by atoms with Crippen LogP contribution >= 0.6 is 0 Å². The average molecular weight is 237 g/mol. The van der Waals surface area contributed by atoms with Crippen molar-refractivity contribution in [2.75, 3.05) is 33.2 Å². The predicted octanol–water partition coefficient (Wildman–Crippen LogP) is 2.10. The van der Waals surface area contributed by atoms with Gasteiger partial charge < -0.3 is 10.2 Å². The van der Waals surface area contributed by atoms with Crippen LogP contribution < -0.4 is 5.32 Å². The Hall–Kier alpha value is -0.590. The summed E-state index contributed by atoms with van der Waals surface area (Å²) in [6, 6.07) is 2.38. The molecule has 1 heterocycles. The molecular formula is C14H27N3. The quantitative estimate of drug-likeness (QED) is 0.719. The molecule has 0 saturated carbocycles. The second kappa shape index (κ2) is 7.68. The van der Waals surface area contributed by atoms with Crippen LogP contribution in [0.15, 0.2) is 0 Å². The second-order valence-electron chi connectivity index (χ2n) is 5.72. The van der Waals surface area contributed by atoms with E-state index in [1.54, 1.807) is 0 Å². The van der Waals surface area contributed by atoms with Crippen molar-refractivity contribution in [2.24, 2.45) is 17.8 Å². The van der Waals surface area contributed by atoms with Gasteiger partial charge >= 0.3 is 0 Å². The molecule has 0 aliphatic carbocycles. The maximum atomic E-state index is 8.98. The van der Waals surface area contributed by atoms with Gasteiger partial charge in [0.05, 0.1) is 12.0 Å². The zero-order chi connectivity index (χ0) is 12.7. The average Bonchev–Trinajstić information content (AvgIpc) is 2.31. The van der Waals surface area contributed by atoms with E-state index in [-0.39, 0.29) is 5.92 Å². The summed E-state index contributed by atoms with van der Waals surface area (Å²) in [5.74, 6) is 1.50. The highest BCUT2D eigenvalue weighted by Crippen LogP contribution is 2.18. The Bertz CT molecular complexity index is 236. The number of hydrogen-bond acceptors (Lipinski definition) is 3. The number of rotatable bonds is 6. The fourth-order valence-electron chi connectivity index (χ4n) is 2.34. The standard InChI is InChI=1S/C14H27N3/c1-12(2)14(10-15)11-16-7-4-13-5-8-17(3)9-6-13/h12-14,16H,4-9,11H2,1-3H3. The molecule has 1 saturated heterocycles. The van der Waals surface area contributed by atoms with Crippen molar-refractivity contribution in [3.63, 3.8) is 0 Å². The van der Waals surface area contributed by atoms with Gasteiger partial charge in [0.25, 0.3) is 0 Å². The van der Waals surface area contributed by atoms with Gasteiger partial charge in [0.1, 0.15) is 0 Å². The van der Waals surface area contributed by atoms with Crippen LogP contribution in [0.3, 0.4) is 0 Å². The molecule has 1 N–H and O–H groups in total. The maximum absolute atomic E-state index is 8.98. The van der Waals surface area contributed by atoms with Crippen molar-refractivity contribution < 1.29 is 0 Å². The molecule has 3 heteroatoms. The normalized spacial score (nSPS) is 20.4. The lowest BCUT2D eigenvalue weighted by Crippen LogP contribution is -2.32. The van der Waals surface area contributed by atoms with Crippen molar-refractivity contribution in [3.05, 3.63) is 0 Å². The molecule has 1 unspecified atom stereocenters. The van der Waals surface area contributed by atoms with Crippen molar-refractivity contribution in [1.29, 1.82) is 5.26 Å². The SMILES string of the molecule is CC(C)C(C#N)CNCCC1CCN(C)CC1. The molecule has 0 radical (unpaired) electrons. The van der Waals surface area contributed by atoms with Crippen LogP contribution in [0.5, 0.6) is 0 Å². The first-order valence-electron chi connectivity index (χ1n) is 6.92. The summed E-state index contributed by atoms with van der Waals surface area (Å²) in [6.45, 7) is 8.65. The number of hydrogen-bond donors (Lipinski definition) is 1. The fourth-order valence-corrected chi connectivity index (χ4v) is 2.34. The number of nitrogens with one attached hydrogen (secondary N) is 1. The molecule has 98 valence electrons. The Balaban J connectivity index is 2.06. The van der Waals surface area contributed by atoms with E-state index in [0.717, 1.165) is 19.0 Å². The largest absolute Gasteiger partial charge is 0.315 e. The van der Waals surface area contributed by atoms with E-state index in [1.807, 2.05) is 0 Å². The van der Waals surface area contributed by atoms with Gasteiger partial charge in [-0.3, -0.25) is 0 Å². The smallest absolute Gasteiger partial charge is 0.0671 e. The summed E-state index contributed by atoms with van der Waals surface area (Å²) < 4.78 is 0. The van der Waals surface area contributed by atoms with Gasteiger partial charge in [-0.15, -0.1) is 0 Å². The molecule has 0 aromatic carbocycles. The van der Waals surface area contributed by atoms with Gasteiger partial charge in [-0.1, -0.05) is 13.8 Å². The van der Waals surface area contributed by atoms with E-state index >= 15 is 0 Å². The first-order valence-corrected chi connectivity index (χ1v) is 6.92. The number of nitriles is 1. The van der Waals surface area contributed by atoms with Crippen LogP contribution in [0.4, 0.5) is 0 Å². The van der Waals surface area contributed by atoms with Gasteiger partial charge in [0.15, 0.2) is 0 Å². The molecule has 17 heavy (non-hydrogen) atoms. The molecule has 0 amide bonds. The molecule has 0 aromatic heterocycles. The number of piperidine rings is 1. The summed E-state index contributed by atoms with van der Waals surface area (Å²) in [5.41, 5.74) is 0. The van der Waals surface area contributed by atoms with Crippen LogP contribution in [0, 0.1) is 29.1 Å². The van der Waals surface area contributed by atoms with E-state index in [1.165, 1.54) is 32.4 Å². The van der Waals surface area contributed by atoms with Gasteiger partial charge in [-0.25, -0.2) is 0 Å². The van der Waals surface area contributed by atoms with Crippen LogP contribution in [-0.4, -0.2) is 38.1 Å². The van der Waals surface area contributed by atoms with Crippen LogP contribution in [0.25, 0.3) is 0 Å². The highest BCUT2D eigenvalue weighted by molar-refractivity contribution is 4.86. The van der Waals surface area contributed by atoms with E-state index in [2.05, 4.69) is 37.2 Å². The third-order valence-electron chi connectivity index (χ3n) is 3.90. The first kappa shape index (κ1) is 14.5. The van der Waals surface area contributed by atoms with Gasteiger partial charge in [0, 0.05) is 6.54 Å². The third-order valence-corrected chi connectivity index (χ3v) is 3.90. The third kappa shape index (κ3) is 5.52. The predicted molar refractivity (Wildman–Crippen MR) is 71.6 cm³/mol. The van der Waals surface area contributed by atoms with Crippen molar-refractivity contribution in [3.8, 4) is 6.07 Å². The van der Waals surface area contributed by atoms with Gasteiger partial charge in [0.2, 0.25) is 0 Å². The molecular weight excluding hydrogens is 210 g/mol. The van der Waals surface area contributed by atoms with Gasteiger partial charge in [-0.05, 0) is 57.8 Å². The molecule has 3 nitrogen and oxygen atoms in total. The summed E-state index contributed by atoms with van der Waals surface area (Å²) in [4.78, 5) is 2.41. The molecule has 0 bridgehead atoms.